The molecule has 0 saturated carbocycles. The average Bonchev–Trinajstić information content (AvgIpc) is 2.41. The SMILES string of the molecule is C=C1Sc2cc(NC(C)=O)ccc2N1C. The minimum Gasteiger partial charge on any atom is -0.339 e. The zero-order valence-corrected chi connectivity index (χ0v) is 9.52. The largest absolute Gasteiger partial charge is 0.339 e. The Labute approximate surface area is 93.2 Å². The normalized spacial score (nSPS) is 14.0. The maximum Gasteiger partial charge on any atom is 0.221 e. The lowest BCUT2D eigenvalue weighted by Crippen LogP contribution is -2.09. The third-order valence-electron chi connectivity index (χ3n) is 2.24. The summed E-state index contributed by atoms with van der Waals surface area (Å²) in [5.41, 5.74) is 1.97. The number of fused-ring (bicyclic) bond motifs is 1. The number of nitrogens with one attached hydrogen (secondary N) is 1. The molecule has 1 N–H and O–H groups in total. The number of carbonyl (C=O) groups excluding carboxylic acids is 1. The Hall–Kier alpha value is -1.42. The first-order chi connectivity index (χ1) is 7.08. The lowest BCUT2D eigenvalue weighted by Gasteiger charge is -2.12. The molecule has 0 saturated heterocycles. The van der Waals surface area contributed by atoms with Gasteiger partial charge >= 0.3 is 0 Å². The molecule has 4 heteroatoms. The maximum atomic E-state index is 10.9. The number of nitrogens with zero attached hydrogens (tertiary/aromatic N) is 1. The van der Waals surface area contributed by atoms with Gasteiger partial charge in [-0.05, 0) is 18.2 Å². The van der Waals surface area contributed by atoms with Gasteiger partial charge in [0.25, 0.3) is 0 Å². The number of benzene rings is 1. The van der Waals surface area contributed by atoms with Crippen molar-refractivity contribution in [2.24, 2.45) is 0 Å². The number of thioether (sulfide) groups is 1. The molecule has 0 spiro atoms. The monoisotopic (exact) mass is 220 g/mol. The van der Waals surface area contributed by atoms with E-state index in [2.05, 4.69) is 11.9 Å². The fourth-order valence-corrected chi connectivity index (χ4v) is 2.47. The van der Waals surface area contributed by atoms with E-state index in [1.165, 1.54) is 6.92 Å². The lowest BCUT2D eigenvalue weighted by molar-refractivity contribution is -0.114. The van der Waals surface area contributed by atoms with Crippen LogP contribution in [0.1, 0.15) is 6.92 Å². The Bertz CT molecular complexity index is 442. The van der Waals surface area contributed by atoms with Crippen LogP contribution in [0, 0.1) is 0 Å². The number of amides is 1. The molecule has 0 radical (unpaired) electrons. The molecular weight excluding hydrogens is 208 g/mol. The Morgan fingerprint density at radius 1 is 1.53 bits per heavy atom. The molecule has 78 valence electrons. The smallest absolute Gasteiger partial charge is 0.221 e. The molecule has 3 nitrogen and oxygen atoms in total. The van der Waals surface area contributed by atoms with E-state index in [0.29, 0.717) is 0 Å². The van der Waals surface area contributed by atoms with Gasteiger partial charge in [0.2, 0.25) is 5.91 Å². The summed E-state index contributed by atoms with van der Waals surface area (Å²) in [6.45, 7) is 5.45. The summed E-state index contributed by atoms with van der Waals surface area (Å²) >= 11 is 1.62. The molecule has 0 atom stereocenters. The van der Waals surface area contributed by atoms with Crippen molar-refractivity contribution in [3.8, 4) is 0 Å². The number of anilines is 2. The van der Waals surface area contributed by atoms with Crippen LogP contribution in [0.25, 0.3) is 0 Å². The van der Waals surface area contributed by atoms with Crippen LogP contribution in [-0.2, 0) is 4.79 Å². The van der Waals surface area contributed by atoms with Gasteiger partial charge < -0.3 is 10.2 Å². The third-order valence-corrected chi connectivity index (χ3v) is 3.30. The van der Waals surface area contributed by atoms with Crippen LogP contribution in [0.15, 0.2) is 34.7 Å². The molecule has 1 aromatic carbocycles. The van der Waals surface area contributed by atoms with Crippen molar-refractivity contribution in [3.63, 3.8) is 0 Å². The zero-order chi connectivity index (χ0) is 11.0. The first kappa shape index (κ1) is 10.1. The summed E-state index contributed by atoms with van der Waals surface area (Å²) in [6.07, 6.45) is 0. The van der Waals surface area contributed by atoms with Crippen molar-refractivity contribution >= 4 is 29.0 Å². The van der Waals surface area contributed by atoms with Crippen molar-refractivity contribution in [1.82, 2.24) is 0 Å². The second kappa shape index (κ2) is 3.62. The summed E-state index contributed by atoms with van der Waals surface area (Å²) in [4.78, 5) is 14.1. The van der Waals surface area contributed by atoms with Gasteiger partial charge in [-0.1, -0.05) is 18.3 Å². The van der Waals surface area contributed by atoms with E-state index in [9.17, 15) is 4.79 Å². The summed E-state index contributed by atoms with van der Waals surface area (Å²) < 4.78 is 0. The van der Waals surface area contributed by atoms with E-state index >= 15 is 0 Å². The van der Waals surface area contributed by atoms with Gasteiger partial charge in [-0.2, -0.15) is 0 Å². The molecule has 1 aliphatic rings. The van der Waals surface area contributed by atoms with Crippen LogP contribution in [0.4, 0.5) is 11.4 Å². The van der Waals surface area contributed by atoms with E-state index in [0.717, 1.165) is 21.3 Å². The highest BCUT2D eigenvalue weighted by Crippen LogP contribution is 2.45. The van der Waals surface area contributed by atoms with Gasteiger partial charge in [0, 0.05) is 24.6 Å². The first-order valence-electron chi connectivity index (χ1n) is 4.60. The molecule has 0 aliphatic carbocycles. The molecule has 15 heavy (non-hydrogen) atoms. The Kier molecular flexibility index (Phi) is 2.44. The predicted molar refractivity (Wildman–Crippen MR) is 64.1 cm³/mol. The molecule has 1 aromatic rings. The van der Waals surface area contributed by atoms with Crippen LogP contribution in [0.3, 0.4) is 0 Å². The van der Waals surface area contributed by atoms with Crippen molar-refractivity contribution in [2.45, 2.75) is 11.8 Å². The van der Waals surface area contributed by atoms with Gasteiger partial charge in [0.1, 0.15) is 0 Å². The molecule has 2 rings (SSSR count). The van der Waals surface area contributed by atoms with E-state index in [-0.39, 0.29) is 5.91 Å². The topological polar surface area (TPSA) is 32.3 Å². The second-order valence-electron chi connectivity index (χ2n) is 3.42. The van der Waals surface area contributed by atoms with Crippen molar-refractivity contribution < 1.29 is 4.79 Å². The highest BCUT2D eigenvalue weighted by molar-refractivity contribution is 8.03. The van der Waals surface area contributed by atoms with Crippen molar-refractivity contribution in [1.29, 1.82) is 0 Å². The fraction of sp³-hybridized carbons (Fsp3) is 0.182. The van der Waals surface area contributed by atoms with Gasteiger partial charge in [0.05, 0.1) is 10.7 Å². The zero-order valence-electron chi connectivity index (χ0n) is 8.70. The Balaban J connectivity index is 2.33. The maximum absolute atomic E-state index is 10.9. The van der Waals surface area contributed by atoms with E-state index < -0.39 is 0 Å². The Morgan fingerprint density at radius 2 is 2.27 bits per heavy atom. The van der Waals surface area contributed by atoms with E-state index in [4.69, 9.17) is 0 Å². The van der Waals surface area contributed by atoms with Gasteiger partial charge in [0.15, 0.2) is 0 Å². The molecule has 0 fully saturated rings. The summed E-state index contributed by atoms with van der Waals surface area (Å²) in [7, 11) is 1.99. The summed E-state index contributed by atoms with van der Waals surface area (Å²) in [5, 5.41) is 3.77. The number of hydrogen-bond acceptors (Lipinski definition) is 3. The van der Waals surface area contributed by atoms with E-state index in [1.54, 1.807) is 11.8 Å². The molecule has 1 aliphatic heterocycles. The van der Waals surface area contributed by atoms with Crippen LogP contribution in [0.5, 0.6) is 0 Å². The molecule has 1 heterocycles. The molecule has 0 bridgehead atoms. The van der Waals surface area contributed by atoms with Crippen molar-refractivity contribution in [2.75, 3.05) is 17.3 Å². The fourth-order valence-electron chi connectivity index (χ4n) is 1.48. The number of rotatable bonds is 1. The highest BCUT2D eigenvalue weighted by atomic mass is 32.2. The van der Waals surface area contributed by atoms with Crippen LogP contribution >= 0.6 is 11.8 Å². The Morgan fingerprint density at radius 3 is 2.93 bits per heavy atom. The predicted octanol–water partition coefficient (Wildman–Crippen LogP) is 2.66. The van der Waals surface area contributed by atoms with Gasteiger partial charge in [-0.15, -0.1) is 0 Å². The van der Waals surface area contributed by atoms with E-state index in [1.807, 2.05) is 30.1 Å². The molecule has 0 unspecified atom stereocenters. The summed E-state index contributed by atoms with van der Waals surface area (Å²) in [5.74, 6) is -0.0508. The minimum absolute atomic E-state index is 0.0508. The van der Waals surface area contributed by atoms with Crippen LogP contribution in [0.2, 0.25) is 0 Å². The second-order valence-corrected chi connectivity index (χ2v) is 4.53. The summed E-state index contributed by atoms with van der Waals surface area (Å²) in [6, 6.07) is 5.86. The first-order valence-corrected chi connectivity index (χ1v) is 5.41. The molecule has 0 aromatic heterocycles. The number of carbonyl (C=O) groups is 1. The minimum atomic E-state index is -0.0508. The quantitative estimate of drug-likeness (QED) is 0.789. The highest BCUT2D eigenvalue weighted by Gasteiger charge is 2.20. The molecule has 1 amide bonds. The lowest BCUT2D eigenvalue weighted by atomic mass is 10.2. The third kappa shape index (κ3) is 1.85. The van der Waals surface area contributed by atoms with Crippen LogP contribution < -0.4 is 10.2 Å². The van der Waals surface area contributed by atoms with Crippen LogP contribution in [-0.4, -0.2) is 13.0 Å². The standard InChI is InChI=1S/C11H12N2OS/c1-7(14)12-9-4-5-10-11(6-9)15-8(2)13(10)3/h4-6H,2H2,1,3H3,(H,12,14). The van der Waals surface area contributed by atoms with Gasteiger partial charge in [-0.25, -0.2) is 0 Å². The van der Waals surface area contributed by atoms with Gasteiger partial charge in [-0.3, -0.25) is 4.79 Å². The average molecular weight is 220 g/mol. The molecular formula is C11H12N2OS. The van der Waals surface area contributed by atoms with Crippen molar-refractivity contribution in [3.05, 3.63) is 29.8 Å². The number of hydrogen-bond donors (Lipinski definition) is 1.